The predicted octanol–water partition coefficient (Wildman–Crippen LogP) is 4.42. The molecule has 0 saturated heterocycles. The summed E-state index contributed by atoms with van der Waals surface area (Å²) in [5, 5.41) is 14.3. The maximum atomic E-state index is 9.45. The highest BCUT2D eigenvalue weighted by Crippen LogP contribution is 2.28. The van der Waals surface area contributed by atoms with E-state index in [4.69, 9.17) is 27.7 Å². The fourth-order valence-corrected chi connectivity index (χ4v) is 2.31. The quantitative estimate of drug-likeness (QED) is 0.761. The summed E-state index contributed by atoms with van der Waals surface area (Å²) in [5.41, 5.74) is 1.30. The highest BCUT2D eigenvalue weighted by atomic mass is 35.5. The van der Waals surface area contributed by atoms with E-state index >= 15 is 0 Å². The van der Waals surface area contributed by atoms with Gasteiger partial charge in [0.05, 0.1) is 0 Å². The van der Waals surface area contributed by atoms with Gasteiger partial charge in [-0.15, -0.1) is 0 Å². The molecule has 6 heteroatoms. The van der Waals surface area contributed by atoms with Crippen LogP contribution in [0.15, 0.2) is 47.0 Å². The van der Waals surface area contributed by atoms with Crippen molar-refractivity contribution >= 4 is 23.2 Å². The lowest BCUT2D eigenvalue weighted by molar-refractivity contribution is 0.432. The van der Waals surface area contributed by atoms with Crippen molar-refractivity contribution in [1.29, 1.82) is 0 Å². The minimum Gasteiger partial charge on any atom is -0.508 e. The number of aromatic hydroxyl groups is 1. The molecule has 1 N–H and O–H groups in total. The summed E-state index contributed by atoms with van der Waals surface area (Å²) in [5.74, 6) is 0.833. The molecule has 1 heterocycles. The second-order valence-corrected chi connectivity index (χ2v) is 5.00. The van der Waals surface area contributed by atoms with E-state index in [0.717, 1.165) is 0 Å². The molecule has 0 aliphatic heterocycles. The zero-order chi connectivity index (χ0) is 14.1. The smallest absolute Gasteiger partial charge is 0.258 e. The molecule has 0 radical (unpaired) electrons. The van der Waals surface area contributed by atoms with Crippen molar-refractivity contribution < 1.29 is 9.63 Å². The fraction of sp³-hybridized carbons (Fsp3) is 0. The zero-order valence-corrected chi connectivity index (χ0v) is 11.6. The van der Waals surface area contributed by atoms with Crippen LogP contribution in [0.1, 0.15) is 0 Å². The van der Waals surface area contributed by atoms with Crippen LogP contribution in [-0.4, -0.2) is 15.2 Å². The van der Waals surface area contributed by atoms with Gasteiger partial charge in [0.1, 0.15) is 5.75 Å². The van der Waals surface area contributed by atoms with Crippen LogP contribution in [0.25, 0.3) is 22.8 Å². The molecular weight excluding hydrogens is 299 g/mol. The first-order valence-electron chi connectivity index (χ1n) is 5.71. The van der Waals surface area contributed by atoms with Gasteiger partial charge in [0, 0.05) is 21.2 Å². The maximum absolute atomic E-state index is 9.45. The molecule has 3 rings (SSSR count). The molecule has 0 spiro atoms. The largest absolute Gasteiger partial charge is 0.508 e. The van der Waals surface area contributed by atoms with Crippen molar-refractivity contribution in [2.45, 2.75) is 0 Å². The molecule has 0 aliphatic rings. The number of aromatic nitrogens is 2. The van der Waals surface area contributed by atoms with E-state index in [0.29, 0.717) is 32.9 Å². The van der Waals surface area contributed by atoms with Gasteiger partial charge in [0.25, 0.3) is 5.89 Å². The standard InChI is InChI=1S/C14H8Cl2N2O2/c15-10-4-9(5-11(16)7-10)14-17-13(18-20-14)8-2-1-3-12(19)6-8/h1-7,19H. The van der Waals surface area contributed by atoms with Crippen LogP contribution < -0.4 is 0 Å². The Balaban J connectivity index is 2.02. The van der Waals surface area contributed by atoms with Crippen molar-refractivity contribution in [3.63, 3.8) is 0 Å². The first-order chi connectivity index (χ1) is 9.61. The first kappa shape index (κ1) is 13.0. The summed E-state index contributed by atoms with van der Waals surface area (Å²) >= 11 is 11.9. The molecule has 0 saturated carbocycles. The van der Waals surface area contributed by atoms with Crippen LogP contribution in [0.2, 0.25) is 10.0 Å². The third-order valence-corrected chi connectivity index (χ3v) is 3.08. The van der Waals surface area contributed by atoms with Gasteiger partial charge in [-0.3, -0.25) is 0 Å². The van der Waals surface area contributed by atoms with Gasteiger partial charge in [0.2, 0.25) is 5.82 Å². The van der Waals surface area contributed by atoms with Crippen LogP contribution in [-0.2, 0) is 0 Å². The molecule has 0 unspecified atom stereocenters. The molecule has 2 aromatic carbocycles. The number of hydrogen-bond acceptors (Lipinski definition) is 4. The molecule has 0 atom stereocenters. The van der Waals surface area contributed by atoms with E-state index in [1.54, 1.807) is 42.5 Å². The molecule has 3 aromatic rings. The molecule has 0 bridgehead atoms. The molecule has 20 heavy (non-hydrogen) atoms. The minimum atomic E-state index is 0.139. The highest BCUT2D eigenvalue weighted by molar-refractivity contribution is 6.35. The van der Waals surface area contributed by atoms with Gasteiger partial charge in [-0.05, 0) is 30.3 Å². The summed E-state index contributed by atoms with van der Waals surface area (Å²) in [6.07, 6.45) is 0. The Morgan fingerprint density at radius 2 is 1.70 bits per heavy atom. The van der Waals surface area contributed by atoms with Gasteiger partial charge in [-0.25, -0.2) is 0 Å². The van der Waals surface area contributed by atoms with E-state index in [1.807, 2.05) is 0 Å². The normalized spacial score (nSPS) is 10.7. The number of phenolic OH excluding ortho intramolecular Hbond substituents is 1. The van der Waals surface area contributed by atoms with Crippen LogP contribution in [0.5, 0.6) is 5.75 Å². The third-order valence-electron chi connectivity index (χ3n) is 2.64. The summed E-state index contributed by atoms with van der Waals surface area (Å²) in [7, 11) is 0. The number of halogens is 2. The SMILES string of the molecule is Oc1cccc(-c2noc(-c3cc(Cl)cc(Cl)c3)n2)c1. The topological polar surface area (TPSA) is 59.2 Å². The minimum absolute atomic E-state index is 0.139. The second kappa shape index (κ2) is 5.15. The molecule has 0 amide bonds. The Hall–Kier alpha value is -2.04. The van der Waals surface area contributed by atoms with Gasteiger partial charge in [-0.2, -0.15) is 4.98 Å². The Labute approximate surface area is 124 Å². The highest BCUT2D eigenvalue weighted by Gasteiger charge is 2.12. The summed E-state index contributed by atoms with van der Waals surface area (Å²) in [4.78, 5) is 4.27. The van der Waals surface area contributed by atoms with Crippen molar-refractivity contribution in [3.05, 3.63) is 52.5 Å². The number of phenols is 1. The van der Waals surface area contributed by atoms with Crippen molar-refractivity contribution in [1.82, 2.24) is 10.1 Å². The number of benzene rings is 2. The monoisotopic (exact) mass is 306 g/mol. The average molecular weight is 307 g/mol. The molecule has 0 fully saturated rings. The van der Waals surface area contributed by atoms with Gasteiger partial charge < -0.3 is 9.63 Å². The summed E-state index contributed by atoms with van der Waals surface area (Å²) in [6, 6.07) is 11.6. The lowest BCUT2D eigenvalue weighted by Crippen LogP contribution is -1.81. The van der Waals surface area contributed by atoms with Crippen LogP contribution >= 0.6 is 23.2 Å². The van der Waals surface area contributed by atoms with E-state index in [1.165, 1.54) is 0 Å². The Morgan fingerprint density at radius 1 is 0.950 bits per heavy atom. The summed E-state index contributed by atoms with van der Waals surface area (Å²) in [6.45, 7) is 0. The first-order valence-corrected chi connectivity index (χ1v) is 6.47. The number of hydrogen-bond donors (Lipinski definition) is 1. The average Bonchev–Trinajstić information content (AvgIpc) is 2.87. The third kappa shape index (κ3) is 2.61. The zero-order valence-electron chi connectivity index (χ0n) is 10.0. The Bertz CT molecular complexity index is 751. The molecular formula is C14H8Cl2N2O2. The number of nitrogens with zero attached hydrogens (tertiary/aromatic N) is 2. The van der Waals surface area contributed by atoms with Crippen LogP contribution in [0.4, 0.5) is 0 Å². The second-order valence-electron chi connectivity index (χ2n) is 4.13. The van der Waals surface area contributed by atoms with E-state index in [-0.39, 0.29) is 5.75 Å². The van der Waals surface area contributed by atoms with E-state index < -0.39 is 0 Å². The lowest BCUT2D eigenvalue weighted by atomic mass is 10.2. The van der Waals surface area contributed by atoms with Crippen molar-refractivity contribution in [3.8, 4) is 28.6 Å². The van der Waals surface area contributed by atoms with Gasteiger partial charge in [0.15, 0.2) is 0 Å². The van der Waals surface area contributed by atoms with Crippen LogP contribution in [0, 0.1) is 0 Å². The van der Waals surface area contributed by atoms with Gasteiger partial charge >= 0.3 is 0 Å². The molecule has 0 aliphatic carbocycles. The fourth-order valence-electron chi connectivity index (χ4n) is 1.78. The summed E-state index contributed by atoms with van der Waals surface area (Å²) < 4.78 is 5.19. The Morgan fingerprint density at radius 3 is 2.40 bits per heavy atom. The lowest BCUT2D eigenvalue weighted by Gasteiger charge is -1.97. The van der Waals surface area contributed by atoms with E-state index in [9.17, 15) is 5.11 Å². The number of rotatable bonds is 2. The molecule has 4 nitrogen and oxygen atoms in total. The van der Waals surface area contributed by atoms with E-state index in [2.05, 4.69) is 10.1 Å². The van der Waals surface area contributed by atoms with Crippen molar-refractivity contribution in [2.75, 3.05) is 0 Å². The molecule has 100 valence electrons. The van der Waals surface area contributed by atoms with Crippen molar-refractivity contribution in [2.24, 2.45) is 0 Å². The maximum Gasteiger partial charge on any atom is 0.258 e. The Kier molecular flexibility index (Phi) is 3.34. The molecule has 1 aromatic heterocycles. The predicted molar refractivity (Wildman–Crippen MR) is 76.9 cm³/mol. The van der Waals surface area contributed by atoms with Gasteiger partial charge in [-0.1, -0.05) is 40.5 Å². The van der Waals surface area contributed by atoms with Crippen LogP contribution in [0.3, 0.4) is 0 Å².